The van der Waals surface area contributed by atoms with Gasteiger partial charge in [-0.3, -0.25) is 9.89 Å². The molecule has 0 bridgehead atoms. The first-order valence-corrected chi connectivity index (χ1v) is 7.36. The minimum absolute atomic E-state index is 0.136. The standard InChI is InChI=1S/C14H24N4O/c1-2-7-11-12(15)13(18-17-11)14(19)16-10-8-5-3-4-6-9-10/h10H,2-9,15H2,1H3,(H,16,19)(H,17,18). The van der Waals surface area contributed by atoms with Gasteiger partial charge in [0.05, 0.1) is 11.4 Å². The molecule has 0 aromatic carbocycles. The number of hydrogen-bond donors (Lipinski definition) is 3. The summed E-state index contributed by atoms with van der Waals surface area (Å²) in [6, 6.07) is 0.278. The second-order valence-electron chi connectivity index (χ2n) is 5.38. The average Bonchev–Trinajstić information content (AvgIpc) is 2.62. The Morgan fingerprint density at radius 1 is 1.37 bits per heavy atom. The van der Waals surface area contributed by atoms with Crippen LogP contribution in [0.4, 0.5) is 5.69 Å². The third-order valence-electron chi connectivity index (χ3n) is 3.79. The molecule has 0 aliphatic heterocycles. The van der Waals surface area contributed by atoms with Crippen LogP contribution in [0.1, 0.15) is 68.1 Å². The number of rotatable bonds is 4. The fraction of sp³-hybridized carbons (Fsp3) is 0.714. The number of nitrogens with two attached hydrogens (primary N) is 1. The van der Waals surface area contributed by atoms with Gasteiger partial charge in [-0.1, -0.05) is 39.0 Å². The molecule has 1 amide bonds. The number of hydrogen-bond acceptors (Lipinski definition) is 3. The van der Waals surface area contributed by atoms with Crippen LogP contribution in [0.3, 0.4) is 0 Å². The predicted octanol–water partition coefficient (Wildman–Crippen LogP) is 2.40. The molecule has 0 saturated heterocycles. The largest absolute Gasteiger partial charge is 0.395 e. The highest BCUT2D eigenvalue weighted by Crippen LogP contribution is 2.19. The maximum absolute atomic E-state index is 12.2. The van der Waals surface area contributed by atoms with Crippen LogP contribution in [0, 0.1) is 0 Å². The molecule has 1 aromatic heterocycles. The number of nitrogens with zero attached hydrogens (tertiary/aromatic N) is 1. The summed E-state index contributed by atoms with van der Waals surface area (Å²) >= 11 is 0. The molecule has 0 spiro atoms. The van der Waals surface area contributed by atoms with Crippen molar-refractivity contribution in [2.75, 3.05) is 5.73 Å². The van der Waals surface area contributed by atoms with Crippen LogP contribution >= 0.6 is 0 Å². The highest BCUT2D eigenvalue weighted by molar-refractivity contribution is 5.97. The summed E-state index contributed by atoms with van der Waals surface area (Å²) in [6.45, 7) is 2.07. The Labute approximate surface area is 114 Å². The maximum Gasteiger partial charge on any atom is 0.274 e. The van der Waals surface area contributed by atoms with E-state index in [9.17, 15) is 4.79 Å². The lowest BCUT2D eigenvalue weighted by Gasteiger charge is -2.15. The second-order valence-corrected chi connectivity index (χ2v) is 5.38. The van der Waals surface area contributed by atoms with Crippen LogP contribution in [-0.4, -0.2) is 22.1 Å². The van der Waals surface area contributed by atoms with E-state index in [0.717, 1.165) is 31.4 Å². The molecule has 1 saturated carbocycles. The number of aromatic amines is 1. The molecule has 106 valence electrons. The van der Waals surface area contributed by atoms with Gasteiger partial charge >= 0.3 is 0 Å². The summed E-state index contributed by atoms with van der Waals surface area (Å²) in [5, 5.41) is 10.0. The van der Waals surface area contributed by atoms with Gasteiger partial charge in [-0.2, -0.15) is 5.10 Å². The van der Waals surface area contributed by atoms with Crippen LogP contribution in [0.2, 0.25) is 0 Å². The Balaban J connectivity index is 1.98. The van der Waals surface area contributed by atoms with E-state index >= 15 is 0 Å². The normalized spacial score (nSPS) is 17.1. The molecule has 4 N–H and O–H groups in total. The number of anilines is 1. The number of aromatic nitrogens is 2. The lowest BCUT2D eigenvalue weighted by Crippen LogP contribution is -2.35. The number of nitrogens with one attached hydrogen (secondary N) is 2. The smallest absolute Gasteiger partial charge is 0.274 e. The molecule has 5 nitrogen and oxygen atoms in total. The molecule has 0 unspecified atom stereocenters. The SMILES string of the molecule is CCCc1[nH]nc(C(=O)NC2CCCCCC2)c1N. The van der Waals surface area contributed by atoms with E-state index in [1.807, 2.05) is 0 Å². The molecule has 1 aromatic rings. The van der Waals surface area contributed by atoms with Crippen molar-refractivity contribution in [3.05, 3.63) is 11.4 Å². The summed E-state index contributed by atoms with van der Waals surface area (Å²) in [6.07, 6.45) is 8.89. The van der Waals surface area contributed by atoms with Crippen molar-refractivity contribution < 1.29 is 4.79 Å². The third-order valence-corrected chi connectivity index (χ3v) is 3.79. The summed E-state index contributed by atoms with van der Waals surface area (Å²) in [7, 11) is 0. The summed E-state index contributed by atoms with van der Waals surface area (Å²) in [4.78, 5) is 12.2. The number of carbonyl (C=O) groups is 1. The van der Waals surface area contributed by atoms with Crippen molar-refractivity contribution in [1.82, 2.24) is 15.5 Å². The maximum atomic E-state index is 12.2. The van der Waals surface area contributed by atoms with Gasteiger partial charge in [0.1, 0.15) is 0 Å². The van der Waals surface area contributed by atoms with Gasteiger partial charge in [0.25, 0.3) is 5.91 Å². The van der Waals surface area contributed by atoms with Crippen LogP contribution in [0.25, 0.3) is 0 Å². The van der Waals surface area contributed by atoms with Gasteiger partial charge in [-0.15, -0.1) is 0 Å². The zero-order valence-electron chi connectivity index (χ0n) is 11.7. The Kier molecular flexibility index (Phi) is 4.82. The topological polar surface area (TPSA) is 83.8 Å². The van der Waals surface area contributed by atoms with Crippen LogP contribution in [0.5, 0.6) is 0 Å². The number of aryl methyl sites for hydroxylation is 1. The molecule has 19 heavy (non-hydrogen) atoms. The zero-order chi connectivity index (χ0) is 13.7. The van der Waals surface area contributed by atoms with Crippen molar-refractivity contribution >= 4 is 11.6 Å². The molecular formula is C14H24N4O. The summed E-state index contributed by atoms with van der Waals surface area (Å²) in [5.41, 5.74) is 7.70. The van der Waals surface area contributed by atoms with Gasteiger partial charge in [0.15, 0.2) is 5.69 Å². The van der Waals surface area contributed by atoms with E-state index in [4.69, 9.17) is 5.73 Å². The van der Waals surface area contributed by atoms with Crippen molar-refractivity contribution in [2.24, 2.45) is 0 Å². The van der Waals surface area contributed by atoms with Crippen LogP contribution in [-0.2, 0) is 6.42 Å². The molecule has 2 rings (SSSR count). The average molecular weight is 264 g/mol. The number of carbonyl (C=O) groups excluding carboxylic acids is 1. The highest BCUT2D eigenvalue weighted by atomic mass is 16.2. The lowest BCUT2D eigenvalue weighted by molar-refractivity contribution is 0.0929. The van der Waals surface area contributed by atoms with Crippen molar-refractivity contribution in [3.8, 4) is 0 Å². The molecular weight excluding hydrogens is 240 g/mol. The Bertz CT molecular complexity index is 419. The van der Waals surface area contributed by atoms with Crippen molar-refractivity contribution in [1.29, 1.82) is 0 Å². The van der Waals surface area contributed by atoms with Gasteiger partial charge in [-0.25, -0.2) is 0 Å². The van der Waals surface area contributed by atoms with Gasteiger partial charge in [-0.05, 0) is 19.3 Å². The second kappa shape index (κ2) is 6.59. The van der Waals surface area contributed by atoms with E-state index < -0.39 is 0 Å². The first-order valence-electron chi connectivity index (χ1n) is 7.36. The fourth-order valence-corrected chi connectivity index (χ4v) is 2.68. The number of amides is 1. The molecule has 0 atom stereocenters. The van der Waals surface area contributed by atoms with Gasteiger partial charge in [0.2, 0.25) is 0 Å². The molecule has 5 heteroatoms. The summed E-state index contributed by atoms with van der Waals surface area (Å²) < 4.78 is 0. The minimum atomic E-state index is -0.136. The monoisotopic (exact) mass is 264 g/mol. The highest BCUT2D eigenvalue weighted by Gasteiger charge is 2.20. The van der Waals surface area contributed by atoms with E-state index in [1.54, 1.807) is 0 Å². The number of H-pyrrole nitrogens is 1. The van der Waals surface area contributed by atoms with Crippen molar-refractivity contribution in [2.45, 2.75) is 64.3 Å². The predicted molar refractivity (Wildman–Crippen MR) is 76.0 cm³/mol. The Morgan fingerprint density at radius 3 is 2.68 bits per heavy atom. The van der Waals surface area contributed by atoms with E-state index in [-0.39, 0.29) is 11.9 Å². The lowest BCUT2D eigenvalue weighted by atomic mass is 10.1. The molecule has 0 radical (unpaired) electrons. The Morgan fingerprint density at radius 2 is 2.05 bits per heavy atom. The van der Waals surface area contributed by atoms with Gasteiger partial charge in [0, 0.05) is 6.04 Å². The molecule has 1 fully saturated rings. The molecule has 1 aliphatic rings. The molecule has 1 heterocycles. The zero-order valence-corrected chi connectivity index (χ0v) is 11.7. The Hall–Kier alpha value is -1.52. The van der Waals surface area contributed by atoms with E-state index in [2.05, 4.69) is 22.4 Å². The first kappa shape index (κ1) is 13.9. The van der Waals surface area contributed by atoms with Gasteiger partial charge < -0.3 is 11.1 Å². The quantitative estimate of drug-likeness (QED) is 0.730. The minimum Gasteiger partial charge on any atom is -0.395 e. The van der Waals surface area contributed by atoms with Crippen molar-refractivity contribution in [3.63, 3.8) is 0 Å². The number of nitrogen functional groups attached to an aromatic ring is 1. The summed E-state index contributed by atoms with van der Waals surface area (Å²) in [5.74, 6) is -0.136. The van der Waals surface area contributed by atoms with E-state index in [0.29, 0.717) is 11.4 Å². The van der Waals surface area contributed by atoms with Crippen LogP contribution < -0.4 is 11.1 Å². The third kappa shape index (κ3) is 3.49. The van der Waals surface area contributed by atoms with E-state index in [1.165, 1.54) is 25.7 Å². The fourth-order valence-electron chi connectivity index (χ4n) is 2.68. The molecule has 1 aliphatic carbocycles. The first-order chi connectivity index (χ1) is 9.22. The van der Waals surface area contributed by atoms with Crippen LogP contribution in [0.15, 0.2) is 0 Å².